The van der Waals surface area contributed by atoms with Crippen molar-refractivity contribution in [2.24, 2.45) is 0 Å². The molecule has 0 aromatic heterocycles. The lowest BCUT2D eigenvalue weighted by Crippen LogP contribution is -2.58. The smallest absolute Gasteiger partial charge is 0.226 e. The fourth-order valence-corrected chi connectivity index (χ4v) is 2.15. The van der Waals surface area contributed by atoms with E-state index in [1.807, 2.05) is 18.7 Å². The van der Waals surface area contributed by atoms with E-state index in [2.05, 4.69) is 19.2 Å². The van der Waals surface area contributed by atoms with Crippen molar-refractivity contribution in [1.29, 1.82) is 0 Å². The molecule has 1 N–H and O–H groups in total. The average Bonchev–Trinajstić information content (AvgIpc) is 2.16. The lowest BCUT2D eigenvalue weighted by Gasteiger charge is -2.40. The van der Waals surface area contributed by atoms with Gasteiger partial charge < -0.3 is 15.0 Å². The topological polar surface area (TPSA) is 41.6 Å². The predicted molar refractivity (Wildman–Crippen MR) is 64.3 cm³/mol. The lowest BCUT2D eigenvalue weighted by molar-refractivity contribution is -0.141. The van der Waals surface area contributed by atoms with Gasteiger partial charge in [-0.15, -0.1) is 0 Å². The molecule has 0 bridgehead atoms. The summed E-state index contributed by atoms with van der Waals surface area (Å²) < 4.78 is 5.31. The van der Waals surface area contributed by atoms with E-state index < -0.39 is 0 Å². The van der Waals surface area contributed by atoms with Gasteiger partial charge in [0.25, 0.3) is 0 Å². The molecule has 1 aliphatic rings. The third-order valence-electron chi connectivity index (χ3n) is 3.25. The fraction of sp³-hybridized carbons (Fsp3) is 0.917. The molecule has 1 fully saturated rings. The van der Waals surface area contributed by atoms with Gasteiger partial charge >= 0.3 is 0 Å². The molecule has 0 spiro atoms. The number of nitrogens with one attached hydrogen (secondary N) is 1. The highest BCUT2D eigenvalue weighted by molar-refractivity contribution is 5.78. The van der Waals surface area contributed by atoms with Crippen LogP contribution < -0.4 is 5.32 Å². The molecule has 4 heteroatoms. The standard InChI is InChI=1S/C12H24N2O2/c1-9-7-13-8-10(2)14(9)11(15)6-12(3,4)16-5/h9-10,13H,6-8H2,1-5H3. The molecule has 1 aliphatic heterocycles. The van der Waals surface area contributed by atoms with Gasteiger partial charge in [0.05, 0.1) is 12.0 Å². The van der Waals surface area contributed by atoms with Gasteiger partial charge in [-0.3, -0.25) is 4.79 Å². The Kier molecular flexibility index (Phi) is 4.33. The summed E-state index contributed by atoms with van der Waals surface area (Å²) in [6.07, 6.45) is 0.443. The molecule has 2 unspecified atom stereocenters. The highest BCUT2D eigenvalue weighted by Gasteiger charge is 2.32. The van der Waals surface area contributed by atoms with E-state index in [9.17, 15) is 4.79 Å². The molecule has 4 nitrogen and oxygen atoms in total. The molecule has 2 atom stereocenters. The van der Waals surface area contributed by atoms with Crippen molar-refractivity contribution in [3.63, 3.8) is 0 Å². The third-order valence-corrected chi connectivity index (χ3v) is 3.25. The maximum Gasteiger partial charge on any atom is 0.226 e. The van der Waals surface area contributed by atoms with Crippen LogP contribution in [0, 0.1) is 0 Å². The Balaban J connectivity index is 2.64. The van der Waals surface area contributed by atoms with E-state index in [0.29, 0.717) is 6.42 Å². The molecule has 1 amide bonds. The zero-order valence-electron chi connectivity index (χ0n) is 11.0. The molecular weight excluding hydrogens is 204 g/mol. The molecule has 0 saturated carbocycles. The Bertz CT molecular complexity index is 243. The van der Waals surface area contributed by atoms with Crippen molar-refractivity contribution in [1.82, 2.24) is 10.2 Å². The van der Waals surface area contributed by atoms with Crippen molar-refractivity contribution in [2.45, 2.75) is 51.8 Å². The Labute approximate surface area is 98.3 Å². The summed E-state index contributed by atoms with van der Waals surface area (Å²) in [5, 5.41) is 3.32. The minimum Gasteiger partial charge on any atom is -0.378 e. The van der Waals surface area contributed by atoms with Gasteiger partial charge in [-0.25, -0.2) is 0 Å². The zero-order valence-corrected chi connectivity index (χ0v) is 11.0. The van der Waals surface area contributed by atoms with Crippen LogP contribution in [0.15, 0.2) is 0 Å². The number of nitrogens with zero attached hydrogens (tertiary/aromatic N) is 1. The first-order valence-corrected chi connectivity index (χ1v) is 5.94. The van der Waals surface area contributed by atoms with E-state index in [1.165, 1.54) is 0 Å². The van der Waals surface area contributed by atoms with E-state index in [4.69, 9.17) is 4.74 Å². The van der Waals surface area contributed by atoms with Gasteiger partial charge in [-0.1, -0.05) is 0 Å². The minimum atomic E-state index is -0.374. The Hall–Kier alpha value is -0.610. The molecule has 1 saturated heterocycles. The Morgan fingerprint density at radius 2 is 1.88 bits per heavy atom. The number of carbonyl (C=O) groups is 1. The summed E-state index contributed by atoms with van der Waals surface area (Å²) in [4.78, 5) is 14.2. The highest BCUT2D eigenvalue weighted by Crippen LogP contribution is 2.18. The average molecular weight is 228 g/mol. The maximum atomic E-state index is 12.2. The van der Waals surface area contributed by atoms with Gasteiger partial charge in [0.2, 0.25) is 5.91 Å². The van der Waals surface area contributed by atoms with Crippen LogP contribution in [0.4, 0.5) is 0 Å². The molecule has 1 rings (SSSR count). The number of ether oxygens (including phenoxy) is 1. The maximum absolute atomic E-state index is 12.2. The number of carbonyl (C=O) groups excluding carboxylic acids is 1. The van der Waals surface area contributed by atoms with Gasteiger partial charge in [0.1, 0.15) is 0 Å². The van der Waals surface area contributed by atoms with Crippen LogP contribution in [0.1, 0.15) is 34.1 Å². The summed E-state index contributed by atoms with van der Waals surface area (Å²) in [5.74, 6) is 0.188. The molecule has 94 valence electrons. The monoisotopic (exact) mass is 228 g/mol. The predicted octanol–water partition coefficient (Wildman–Crippen LogP) is 1.01. The van der Waals surface area contributed by atoms with E-state index >= 15 is 0 Å². The van der Waals surface area contributed by atoms with E-state index in [1.54, 1.807) is 7.11 Å². The second kappa shape index (κ2) is 5.15. The Morgan fingerprint density at radius 3 is 2.31 bits per heavy atom. The molecule has 0 aromatic rings. The fourth-order valence-electron chi connectivity index (χ4n) is 2.15. The number of amides is 1. The van der Waals surface area contributed by atoms with Crippen LogP contribution in [-0.2, 0) is 9.53 Å². The van der Waals surface area contributed by atoms with Crippen molar-refractivity contribution < 1.29 is 9.53 Å². The zero-order chi connectivity index (χ0) is 12.3. The van der Waals surface area contributed by atoms with Crippen LogP contribution in [0.2, 0.25) is 0 Å². The van der Waals surface area contributed by atoms with Crippen LogP contribution in [0.25, 0.3) is 0 Å². The number of methoxy groups -OCH3 is 1. The van der Waals surface area contributed by atoms with Crippen LogP contribution in [0.3, 0.4) is 0 Å². The number of hydrogen-bond donors (Lipinski definition) is 1. The van der Waals surface area contributed by atoms with Crippen molar-refractivity contribution >= 4 is 5.91 Å². The first-order valence-electron chi connectivity index (χ1n) is 5.94. The Morgan fingerprint density at radius 1 is 1.38 bits per heavy atom. The minimum absolute atomic E-state index is 0.188. The van der Waals surface area contributed by atoms with E-state index in [-0.39, 0.29) is 23.6 Å². The summed E-state index contributed by atoms with van der Waals surface area (Å²) in [7, 11) is 1.65. The molecule has 0 aliphatic carbocycles. The number of hydrogen-bond acceptors (Lipinski definition) is 3. The molecule has 0 aromatic carbocycles. The summed E-state index contributed by atoms with van der Waals surface area (Å²) in [6, 6.07) is 0.535. The second-order valence-electron chi connectivity index (χ2n) is 5.30. The SMILES string of the molecule is COC(C)(C)CC(=O)N1C(C)CNCC1C. The summed E-state index contributed by atoms with van der Waals surface area (Å²) >= 11 is 0. The van der Waals surface area contributed by atoms with Gasteiger partial charge in [-0.05, 0) is 27.7 Å². The molecule has 1 heterocycles. The highest BCUT2D eigenvalue weighted by atomic mass is 16.5. The van der Waals surface area contributed by atoms with Crippen LogP contribution in [-0.4, -0.2) is 48.7 Å². The summed E-state index contributed by atoms with van der Waals surface area (Å²) in [5.41, 5.74) is -0.374. The van der Waals surface area contributed by atoms with Crippen molar-refractivity contribution in [3.8, 4) is 0 Å². The quantitative estimate of drug-likeness (QED) is 0.784. The van der Waals surface area contributed by atoms with Crippen LogP contribution in [0.5, 0.6) is 0 Å². The summed E-state index contributed by atoms with van der Waals surface area (Å²) in [6.45, 7) is 9.82. The number of piperazine rings is 1. The molecular formula is C12H24N2O2. The lowest BCUT2D eigenvalue weighted by atomic mass is 10.0. The largest absolute Gasteiger partial charge is 0.378 e. The van der Waals surface area contributed by atoms with Crippen molar-refractivity contribution in [2.75, 3.05) is 20.2 Å². The van der Waals surface area contributed by atoms with E-state index in [0.717, 1.165) is 13.1 Å². The first kappa shape index (κ1) is 13.5. The van der Waals surface area contributed by atoms with Gasteiger partial charge in [0, 0.05) is 32.3 Å². The third kappa shape index (κ3) is 3.19. The second-order valence-corrected chi connectivity index (χ2v) is 5.30. The van der Waals surface area contributed by atoms with Crippen molar-refractivity contribution in [3.05, 3.63) is 0 Å². The molecule has 16 heavy (non-hydrogen) atoms. The number of rotatable bonds is 3. The van der Waals surface area contributed by atoms with Gasteiger partial charge in [0.15, 0.2) is 0 Å². The van der Waals surface area contributed by atoms with Crippen LogP contribution >= 0.6 is 0 Å². The first-order chi connectivity index (χ1) is 7.37. The molecule has 0 radical (unpaired) electrons. The van der Waals surface area contributed by atoms with Gasteiger partial charge in [-0.2, -0.15) is 0 Å². The normalized spacial score (nSPS) is 26.9.